The fourth-order valence-electron chi connectivity index (χ4n) is 4.67. The first-order valence-electron chi connectivity index (χ1n) is 12.7. The summed E-state index contributed by atoms with van der Waals surface area (Å²) in [5.41, 5.74) is 2.53. The van der Waals surface area contributed by atoms with Crippen molar-refractivity contribution in [1.82, 2.24) is 15.3 Å². The number of anilines is 1. The molecule has 0 unspecified atom stereocenters. The van der Waals surface area contributed by atoms with E-state index in [1.54, 1.807) is 0 Å². The van der Waals surface area contributed by atoms with E-state index in [2.05, 4.69) is 20.2 Å². The molecule has 1 atom stereocenters. The highest BCUT2D eigenvalue weighted by molar-refractivity contribution is 5.90. The number of hydrogen-bond acceptors (Lipinski definition) is 8. The maximum Gasteiger partial charge on any atom is 0.231 e. The Morgan fingerprint density at radius 2 is 1.78 bits per heavy atom. The Morgan fingerprint density at radius 3 is 2.44 bits per heavy atom. The molecule has 3 aromatic rings. The lowest BCUT2D eigenvalue weighted by atomic mass is 9.96. The fraction of sp³-hybridized carbons (Fsp3) is 0.519. The van der Waals surface area contributed by atoms with E-state index < -0.39 is 0 Å². The van der Waals surface area contributed by atoms with E-state index in [1.165, 1.54) is 6.33 Å². The van der Waals surface area contributed by atoms with Gasteiger partial charge in [0.05, 0.1) is 31.1 Å². The van der Waals surface area contributed by atoms with Crippen molar-refractivity contribution < 1.29 is 23.4 Å². The number of carbonyl (C=O) groups is 1. The van der Waals surface area contributed by atoms with Crippen molar-refractivity contribution >= 4 is 22.8 Å². The predicted octanol–water partition coefficient (Wildman–Crippen LogP) is 4.57. The first-order valence-corrected chi connectivity index (χ1v) is 12.7. The number of piperidine rings is 1. The molecule has 0 radical (unpaired) electrons. The van der Waals surface area contributed by atoms with Gasteiger partial charge in [-0.2, -0.15) is 0 Å². The zero-order valence-corrected chi connectivity index (χ0v) is 21.8. The molecule has 0 spiro atoms. The minimum Gasteiger partial charge on any atom is -0.490 e. The number of aryl methyl sites for hydroxylation is 2. The molecule has 1 amide bonds. The van der Waals surface area contributed by atoms with Gasteiger partial charge in [0, 0.05) is 25.2 Å². The van der Waals surface area contributed by atoms with Gasteiger partial charge in [0.2, 0.25) is 17.4 Å². The minimum absolute atomic E-state index is 0.0231. The summed E-state index contributed by atoms with van der Waals surface area (Å²) in [5.74, 6) is 3.40. The molecule has 1 aliphatic rings. The molecule has 194 valence electrons. The van der Waals surface area contributed by atoms with E-state index >= 15 is 0 Å². The molecule has 36 heavy (non-hydrogen) atoms. The van der Waals surface area contributed by atoms with E-state index in [-0.39, 0.29) is 11.8 Å². The molecule has 9 nitrogen and oxygen atoms in total. The van der Waals surface area contributed by atoms with Crippen LogP contribution in [0.3, 0.4) is 0 Å². The van der Waals surface area contributed by atoms with Gasteiger partial charge in [-0.05, 0) is 65.2 Å². The van der Waals surface area contributed by atoms with Gasteiger partial charge in [-0.25, -0.2) is 9.97 Å². The van der Waals surface area contributed by atoms with Crippen LogP contribution in [0.5, 0.6) is 17.2 Å². The average Bonchev–Trinajstić information content (AvgIpc) is 3.18. The molecule has 4 rings (SSSR count). The average molecular weight is 497 g/mol. The maximum atomic E-state index is 13.2. The summed E-state index contributed by atoms with van der Waals surface area (Å²) >= 11 is 0. The lowest BCUT2D eigenvalue weighted by Gasteiger charge is -2.33. The second-order valence-corrected chi connectivity index (χ2v) is 8.88. The first kappa shape index (κ1) is 25.6. The zero-order chi connectivity index (χ0) is 25.7. The Morgan fingerprint density at radius 1 is 1.08 bits per heavy atom. The van der Waals surface area contributed by atoms with E-state index in [9.17, 15) is 4.79 Å². The summed E-state index contributed by atoms with van der Waals surface area (Å²) in [4.78, 5) is 24.2. The quantitative estimate of drug-likeness (QED) is 0.436. The number of amides is 1. The molecule has 2 aromatic heterocycles. The highest BCUT2D eigenvalue weighted by atomic mass is 16.5. The molecule has 1 saturated heterocycles. The van der Waals surface area contributed by atoms with Gasteiger partial charge >= 0.3 is 0 Å². The Bertz CT molecular complexity index is 1180. The SMILES string of the molecule is CCOc1cc(CNC(=O)[C@H]2CCCN(c3ncnc4oc(C)c(C)c34)C2)cc(OCC)c1OCC. The highest BCUT2D eigenvalue weighted by Crippen LogP contribution is 2.39. The molecular weight excluding hydrogens is 460 g/mol. The van der Waals surface area contributed by atoms with Crippen molar-refractivity contribution in [2.45, 2.75) is 54.0 Å². The lowest BCUT2D eigenvalue weighted by molar-refractivity contribution is -0.125. The fourth-order valence-corrected chi connectivity index (χ4v) is 4.67. The van der Waals surface area contributed by atoms with Crippen LogP contribution in [-0.2, 0) is 11.3 Å². The van der Waals surface area contributed by atoms with Crippen molar-refractivity contribution in [2.75, 3.05) is 37.8 Å². The molecule has 1 aromatic carbocycles. The van der Waals surface area contributed by atoms with Gasteiger partial charge < -0.3 is 28.8 Å². The van der Waals surface area contributed by atoms with Gasteiger partial charge in [-0.15, -0.1) is 0 Å². The summed E-state index contributed by atoms with van der Waals surface area (Å²) in [6.07, 6.45) is 3.27. The van der Waals surface area contributed by atoms with Gasteiger partial charge in [-0.1, -0.05) is 0 Å². The topological polar surface area (TPSA) is 99.0 Å². The summed E-state index contributed by atoms with van der Waals surface area (Å²) < 4.78 is 23.2. The maximum absolute atomic E-state index is 13.2. The molecule has 0 saturated carbocycles. The van der Waals surface area contributed by atoms with E-state index in [0.29, 0.717) is 55.9 Å². The van der Waals surface area contributed by atoms with Crippen molar-refractivity contribution in [3.05, 3.63) is 35.3 Å². The Labute approximate surface area is 212 Å². The standard InChI is InChI=1S/C27H36N4O5/c1-6-33-21-12-19(13-22(34-7-2)24(21)35-8-3)14-28-26(32)20-10-9-11-31(15-20)25-23-17(4)18(5)36-27(23)30-16-29-25/h12-13,16,20H,6-11,14-15H2,1-5H3,(H,28,32)/t20-/m0/s1. The van der Waals surface area contributed by atoms with Crippen LogP contribution in [-0.4, -0.2) is 48.8 Å². The van der Waals surface area contributed by atoms with Crippen LogP contribution >= 0.6 is 0 Å². The van der Waals surface area contributed by atoms with Gasteiger partial charge in [-0.3, -0.25) is 4.79 Å². The van der Waals surface area contributed by atoms with Crippen LogP contribution < -0.4 is 24.4 Å². The molecule has 9 heteroatoms. The van der Waals surface area contributed by atoms with E-state index in [1.807, 2.05) is 46.8 Å². The van der Waals surface area contributed by atoms with Crippen LogP contribution in [0.2, 0.25) is 0 Å². The minimum atomic E-state index is -0.141. The van der Waals surface area contributed by atoms with Gasteiger partial charge in [0.15, 0.2) is 11.5 Å². The third kappa shape index (κ3) is 5.34. The van der Waals surface area contributed by atoms with Crippen LogP contribution in [0.4, 0.5) is 5.82 Å². The number of ether oxygens (including phenoxy) is 3. The normalized spacial score (nSPS) is 15.7. The second kappa shape index (κ2) is 11.5. The zero-order valence-electron chi connectivity index (χ0n) is 21.8. The number of carbonyl (C=O) groups excluding carboxylic acids is 1. The number of nitrogens with zero attached hydrogens (tertiary/aromatic N) is 3. The van der Waals surface area contributed by atoms with Gasteiger partial charge in [0.25, 0.3) is 0 Å². The third-order valence-electron chi connectivity index (χ3n) is 6.47. The lowest BCUT2D eigenvalue weighted by Crippen LogP contribution is -2.43. The molecule has 1 aliphatic heterocycles. The Balaban J connectivity index is 1.48. The Hall–Kier alpha value is -3.49. The van der Waals surface area contributed by atoms with Crippen LogP contribution in [0.15, 0.2) is 22.9 Å². The molecular formula is C27H36N4O5. The number of aromatic nitrogens is 2. The number of fused-ring (bicyclic) bond motifs is 1. The largest absolute Gasteiger partial charge is 0.490 e. The van der Waals surface area contributed by atoms with Crippen LogP contribution in [0, 0.1) is 19.8 Å². The summed E-state index contributed by atoms with van der Waals surface area (Å²) in [7, 11) is 0. The monoisotopic (exact) mass is 496 g/mol. The van der Waals surface area contributed by atoms with E-state index in [0.717, 1.165) is 47.5 Å². The highest BCUT2D eigenvalue weighted by Gasteiger charge is 2.29. The van der Waals surface area contributed by atoms with Crippen LogP contribution in [0.1, 0.15) is 50.5 Å². The number of hydrogen-bond donors (Lipinski definition) is 1. The first-order chi connectivity index (χ1) is 17.5. The van der Waals surface area contributed by atoms with E-state index in [4.69, 9.17) is 18.6 Å². The molecule has 0 aliphatic carbocycles. The summed E-state index contributed by atoms with van der Waals surface area (Å²) in [6, 6.07) is 3.82. The Kier molecular flexibility index (Phi) is 8.18. The van der Waals surface area contributed by atoms with Crippen molar-refractivity contribution in [2.24, 2.45) is 5.92 Å². The summed E-state index contributed by atoms with van der Waals surface area (Å²) in [5, 5.41) is 4.04. The second-order valence-electron chi connectivity index (χ2n) is 8.88. The van der Waals surface area contributed by atoms with Crippen LogP contribution in [0.25, 0.3) is 11.1 Å². The number of nitrogens with one attached hydrogen (secondary N) is 1. The predicted molar refractivity (Wildman–Crippen MR) is 138 cm³/mol. The van der Waals surface area contributed by atoms with Crippen molar-refractivity contribution in [1.29, 1.82) is 0 Å². The number of benzene rings is 1. The molecule has 1 N–H and O–H groups in total. The number of rotatable bonds is 10. The third-order valence-corrected chi connectivity index (χ3v) is 6.47. The van der Waals surface area contributed by atoms with Crippen molar-refractivity contribution in [3.63, 3.8) is 0 Å². The molecule has 0 bridgehead atoms. The molecule has 1 fully saturated rings. The van der Waals surface area contributed by atoms with Gasteiger partial charge in [0.1, 0.15) is 17.9 Å². The molecule has 3 heterocycles. The number of furan rings is 1. The van der Waals surface area contributed by atoms with Crippen molar-refractivity contribution in [3.8, 4) is 17.2 Å². The summed E-state index contributed by atoms with van der Waals surface area (Å²) in [6.45, 7) is 13.1. The smallest absolute Gasteiger partial charge is 0.231 e.